The normalized spacial score (nSPS) is 10.2. The molecule has 0 aliphatic heterocycles. The molecule has 0 aliphatic carbocycles. The molecule has 0 spiro atoms. The van der Waals surface area contributed by atoms with Gasteiger partial charge in [-0.1, -0.05) is 11.8 Å². The second-order valence-electron chi connectivity index (χ2n) is 3.15. The lowest BCUT2D eigenvalue weighted by molar-refractivity contribution is 0.945. The van der Waals surface area contributed by atoms with Gasteiger partial charge in [0, 0.05) is 16.6 Å². The molecular weight excluding hydrogens is 224 g/mol. The SMILES string of the molecule is Nc1ccc(Sc2nc(N)cc(=O)[nH]2)cc1. The number of benzene rings is 1. The van der Waals surface area contributed by atoms with Crippen LogP contribution >= 0.6 is 11.8 Å². The van der Waals surface area contributed by atoms with Crippen molar-refractivity contribution >= 4 is 23.3 Å². The van der Waals surface area contributed by atoms with Crippen molar-refractivity contribution < 1.29 is 0 Å². The highest BCUT2D eigenvalue weighted by molar-refractivity contribution is 7.99. The first-order chi connectivity index (χ1) is 7.63. The summed E-state index contributed by atoms with van der Waals surface area (Å²) in [6, 6.07) is 8.51. The van der Waals surface area contributed by atoms with Gasteiger partial charge in [-0.3, -0.25) is 4.79 Å². The number of rotatable bonds is 2. The molecule has 0 atom stereocenters. The topological polar surface area (TPSA) is 97.8 Å². The number of hydrogen-bond donors (Lipinski definition) is 3. The number of anilines is 2. The van der Waals surface area contributed by atoms with E-state index in [0.717, 1.165) is 4.90 Å². The Morgan fingerprint density at radius 1 is 1.19 bits per heavy atom. The molecule has 0 radical (unpaired) electrons. The van der Waals surface area contributed by atoms with E-state index in [4.69, 9.17) is 11.5 Å². The largest absolute Gasteiger partial charge is 0.399 e. The fourth-order valence-corrected chi connectivity index (χ4v) is 1.95. The first-order valence-corrected chi connectivity index (χ1v) is 5.35. The molecule has 16 heavy (non-hydrogen) atoms. The quantitative estimate of drug-likeness (QED) is 0.533. The van der Waals surface area contributed by atoms with Crippen molar-refractivity contribution in [2.24, 2.45) is 0 Å². The summed E-state index contributed by atoms with van der Waals surface area (Å²) < 4.78 is 0. The van der Waals surface area contributed by atoms with Crippen molar-refractivity contribution in [3.63, 3.8) is 0 Å². The Bertz CT molecular complexity index is 549. The van der Waals surface area contributed by atoms with Gasteiger partial charge < -0.3 is 16.5 Å². The molecule has 2 rings (SSSR count). The molecule has 82 valence electrons. The zero-order chi connectivity index (χ0) is 11.5. The first kappa shape index (κ1) is 10.6. The van der Waals surface area contributed by atoms with Gasteiger partial charge in [0.15, 0.2) is 5.16 Å². The molecule has 5 nitrogen and oxygen atoms in total. The Morgan fingerprint density at radius 2 is 1.88 bits per heavy atom. The van der Waals surface area contributed by atoms with Gasteiger partial charge in [0.05, 0.1) is 0 Å². The van der Waals surface area contributed by atoms with E-state index >= 15 is 0 Å². The molecule has 0 saturated heterocycles. The van der Waals surface area contributed by atoms with Crippen LogP contribution in [0.3, 0.4) is 0 Å². The molecule has 0 unspecified atom stereocenters. The third kappa shape index (κ3) is 2.54. The average Bonchev–Trinajstić information content (AvgIpc) is 2.20. The molecule has 1 heterocycles. The van der Waals surface area contributed by atoms with Crippen LogP contribution in [0.15, 0.2) is 45.2 Å². The third-order valence-corrected chi connectivity index (χ3v) is 2.73. The maximum atomic E-state index is 11.1. The molecule has 0 fully saturated rings. The summed E-state index contributed by atoms with van der Waals surface area (Å²) in [6.07, 6.45) is 0. The van der Waals surface area contributed by atoms with Crippen molar-refractivity contribution in [1.29, 1.82) is 0 Å². The lowest BCUT2D eigenvalue weighted by Crippen LogP contribution is -2.09. The lowest BCUT2D eigenvalue weighted by Gasteiger charge is -2.01. The predicted molar refractivity (Wildman–Crippen MR) is 64.2 cm³/mol. The molecule has 5 N–H and O–H groups in total. The van der Waals surface area contributed by atoms with E-state index in [9.17, 15) is 4.79 Å². The van der Waals surface area contributed by atoms with E-state index in [1.165, 1.54) is 17.8 Å². The standard InChI is InChI=1S/C10H10N4OS/c11-6-1-3-7(4-2-6)16-10-13-8(12)5-9(15)14-10/h1-5H,11H2,(H3,12,13,14,15). The number of nitrogen functional groups attached to an aromatic ring is 2. The van der Waals surface area contributed by atoms with E-state index in [2.05, 4.69) is 9.97 Å². The van der Waals surface area contributed by atoms with Crippen molar-refractivity contribution in [2.75, 3.05) is 11.5 Å². The minimum Gasteiger partial charge on any atom is -0.399 e. The molecule has 1 aromatic carbocycles. The zero-order valence-electron chi connectivity index (χ0n) is 8.31. The van der Waals surface area contributed by atoms with Crippen molar-refractivity contribution in [1.82, 2.24) is 9.97 Å². The van der Waals surface area contributed by atoms with Gasteiger partial charge in [0.25, 0.3) is 5.56 Å². The Kier molecular flexibility index (Phi) is 2.82. The van der Waals surface area contributed by atoms with Crippen molar-refractivity contribution in [3.8, 4) is 0 Å². The lowest BCUT2D eigenvalue weighted by atomic mass is 10.3. The molecule has 1 aromatic heterocycles. The van der Waals surface area contributed by atoms with Crippen LogP contribution in [-0.4, -0.2) is 9.97 Å². The molecule has 0 bridgehead atoms. The van der Waals surface area contributed by atoms with E-state index in [-0.39, 0.29) is 11.4 Å². The number of nitrogens with one attached hydrogen (secondary N) is 1. The highest BCUT2D eigenvalue weighted by atomic mass is 32.2. The summed E-state index contributed by atoms with van der Waals surface area (Å²) in [6.45, 7) is 0. The Labute approximate surface area is 95.9 Å². The molecule has 0 saturated carbocycles. The number of nitrogens with two attached hydrogens (primary N) is 2. The van der Waals surface area contributed by atoms with Crippen molar-refractivity contribution in [2.45, 2.75) is 10.1 Å². The Balaban J connectivity index is 2.26. The van der Waals surface area contributed by atoms with Gasteiger partial charge in [0.1, 0.15) is 5.82 Å². The summed E-state index contributed by atoms with van der Waals surface area (Å²) in [5.41, 5.74) is 11.5. The maximum Gasteiger partial charge on any atom is 0.253 e. The van der Waals surface area contributed by atoms with Gasteiger partial charge in [0.2, 0.25) is 0 Å². The van der Waals surface area contributed by atoms with Crippen LogP contribution in [0.1, 0.15) is 0 Å². The smallest absolute Gasteiger partial charge is 0.253 e. The number of hydrogen-bond acceptors (Lipinski definition) is 5. The highest BCUT2D eigenvalue weighted by Gasteiger charge is 2.01. The molecular formula is C10H10N4OS. The first-order valence-electron chi connectivity index (χ1n) is 4.54. The Hall–Kier alpha value is -1.95. The summed E-state index contributed by atoms with van der Waals surface area (Å²) in [5.74, 6) is 0.210. The van der Waals surface area contributed by atoms with E-state index in [0.29, 0.717) is 10.8 Å². The summed E-state index contributed by atoms with van der Waals surface area (Å²) >= 11 is 1.32. The third-order valence-electron chi connectivity index (χ3n) is 1.83. The summed E-state index contributed by atoms with van der Waals surface area (Å²) in [4.78, 5) is 18.7. The maximum absolute atomic E-state index is 11.1. The predicted octanol–water partition coefficient (Wildman–Crippen LogP) is 1.09. The van der Waals surface area contributed by atoms with Gasteiger partial charge in [-0.2, -0.15) is 0 Å². The van der Waals surface area contributed by atoms with Gasteiger partial charge in [-0.05, 0) is 24.3 Å². The van der Waals surface area contributed by atoms with Crippen LogP contribution in [0, 0.1) is 0 Å². The fraction of sp³-hybridized carbons (Fsp3) is 0. The second kappa shape index (κ2) is 4.28. The highest BCUT2D eigenvalue weighted by Crippen LogP contribution is 2.24. The monoisotopic (exact) mass is 234 g/mol. The van der Waals surface area contributed by atoms with Gasteiger partial charge >= 0.3 is 0 Å². The molecule has 6 heteroatoms. The number of aromatic nitrogens is 2. The minimum atomic E-state index is -0.259. The van der Waals surface area contributed by atoms with E-state index in [1.807, 2.05) is 12.1 Å². The van der Waals surface area contributed by atoms with Crippen LogP contribution < -0.4 is 17.0 Å². The summed E-state index contributed by atoms with van der Waals surface area (Å²) in [5, 5.41) is 0.467. The van der Waals surface area contributed by atoms with Crippen LogP contribution in [0.25, 0.3) is 0 Å². The Morgan fingerprint density at radius 3 is 2.50 bits per heavy atom. The van der Waals surface area contributed by atoms with E-state index < -0.39 is 0 Å². The summed E-state index contributed by atoms with van der Waals surface area (Å²) in [7, 11) is 0. The number of aromatic amines is 1. The van der Waals surface area contributed by atoms with Crippen LogP contribution in [0.2, 0.25) is 0 Å². The van der Waals surface area contributed by atoms with Gasteiger partial charge in [-0.15, -0.1) is 0 Å². The average molecular weight is 234 g/mol. The van der Waals surface area contributed by atoms with Crippen LogP contribution in [-0.2, 0) is 0 Å². The second-order valence-corrected chi connectivity index (χ2v) is 4.21. The van der Waals surface area contributed by atoms with Crippen LogP contribution in [0.5, 0.6) is 0 Å². The minimum absolute atomic E-state index is 0.210. The number of nitrogens with zero attached hydrogens (tertiary/aromatic N) is 1. The number of H-pyrrole nitrogens is 1. The molecule has 2 aromatic rings. The van der Waals surface area contributed by atoms with E-state index in [1.54, 1.807) is 12.1 Å². The van der Waals surface area contributed by atoms with Gasteiger partial charge in [-0.25, -0.2) is 4.98 Å². The van der Waals surface area contributed by atoms with Crippen LogP contribution in [0.4, 0.5) is 11.5 Å². The molecule has 0 aliphatic rings. The molecule has 0 amide bonds. The zero-order valence-corrected chi connectivity index (χ0v) is 9.12. The fourth-order valence-electron chi connectivity index (χ4n) is 1.15. The van der Waals surface area contributed by atoms with Crippen molar-refractivity contribution in [3.05, 3.63) is 40.7 Å².